The summed E-state index contributed by atoms with van der Waals surface area (Å²) in [6, 6.07) is 4.68. The van der Waals surface area contributed by atoms with E-state index in [1.165, 1.54) is 18.0 Å². The second-order valence-corrected chi connectivity index (χ2v) is 7.52. The third-order valence-electron chi connectivity index (χ3n) is 4.66. The van der Waals surface area contributed by atoms with E-state index in [1.807, 2.05) is 13.0 Å². The normalized spacial score (nSPS) is 16.1. The van der Waals surface area contributed by atoms with Crippen LogP contribution in [-0.4, -0.2) is 57.4 Å². The summed E-state index contributed by atoms with van der Waals surface area (Å²) in [6.45, 7) is 2.29. The van der Waals surface area contributed by atoms with E-state index in [2.05, 4.69) is 15.6 Å². The van der Waals surface area contributed by atoms with Crippen molar-refractivity contribution in [3.63, 3.8) is 0 Å². The molecule has 0 spiro atoms. The molecule has 29 heavy (non-hydrogen) atoms. The maximum absolute atomic E-state index is 14.3. The molecule has 5 nitrogen and oxygen atoms in total. The van der Waals surface area contributed by atoms with E-state index in [-0.39, 0.29) is 11.8 Å². The molecule has 1 aromatic carbocycles. The van der Waals surface area contributed by atoms with E-state index >= 15 is 0 Å². The lowest BCUT2D eigenvalue weighted by molar-refractivity contribution is -0.143. The quantitative estimate of drug-likeness (QED) is 0.263. The highest BCUT2D eigenvalue weighted by Gasteiger charge is 2.28. The molecule has 2 N–H and O–H groups in total. The number of ether oxygens (including phenoxy) is 1. The highest BCUT2D eigenvalue weighted by Crippen LogP contribution is 2.30. The summed E-state index contributed by atoms with van der Waals surface area (Å²) >= 11 is 0. The van der Waals surface area contributed by atoms with Gasteiger partial charge in [0.2, 0.25) is 0 Å². The number of hydrogen-bond acceptors (Lipinski definition) is 3. The Morgan fingerprint density at radius 1 is 1.34 bits per heavy atom. The van der Waals surface area contributed by atoms with E-state index in [1.54, 1.807) is 13.1 Å². The van der Waals surface area contributed by atoms with Crippen LogP contribution >= 0.6 is 0 Å². The zero-order valence-corrected chi connectivity index (χ0v) is 17.2. The van der Waals surface area contributed by atoms with E-state index < -0.39 is 18.5 Å². The van der Waals surface area contributed by atoms with Gasteiger partial charge in [-0.25, -0.2) is 4.39 Å². The number of alkyl halides is 3. The average molecular weight is 418 g/mol. The van der Waals surface area contributed by atoms with Crippen LogP contribution in [0.1, 0.15) is 37.8 Å². The van der Waals surface area contributed by atoms with E-state index in [9.17, 15) is 17.6 Å². The zero-order chi connectivity index (χ0) is 21.4. The molecular weight excluding hydrogens is 388 g/mol. The van der Waals surface area contributed by atoms with Crippen molar-refractivity contribution in [2.24, 2.45) is 10.9 Å². The van der Waals surface area contributed by atoms with Gasteiger partial charge in [0.15, 0.2) is 17.5 Å². The minimum Gasteiger partial charge on any atom is -0.490 e. The third-order valence-corrected chi connectivity index (χ3v) is 4.66. The standard InChI is InChI=1S/C20H30F4N4O/c1-14(16-7-8-18(17(21)11-16)29-12-15-5-6-15)27-19(25-2)26-9-4-10-28(3)13-20(22,23)24/h7-8,11,14-15H,4-6,9-10,12-13H2,1-3H3,(H2,25,26,27). The molecule has 1 aromatic rings. The van der Waals surface area contributed by atoms with Crippen LogP contribution in [0.15, 0.2) is 23.2 Å². The first-order valence-electron chi connectivity index (χ1n) is 9.82. The van der Waals surface area contributed by atoms with Crippen molar-refractivity contribution in [2.75, 3.05) is 40.3 Å². The average Bonchev–Trinajstić information content (AvgIpc) is 3.46. The Hall–Kier alpha value is -2.03. The van der Waals surface area contributed by atoms with Crippen LogP contribution in [-0.2, 0) is 0 Å². The smallest absolute Gasteiger partial charge is 0.401 e. The zero-order valence-electron chi connectivity index (χ0n) is 17.2. The first-order chi connectivity index (χ1) is 13.7. The predicted octanol–water partition coefficient (Wildman–Crippen LogP) is 3.72. The molecule has 1 fully saturated rings. The Kier molecular flexibility index (Phi) is 8.55. The van der Waals surface area contributed by atoms with Crippen molar-refractivity contribution < 1.29 is 22.3 Å². The van der Waals surface area contributed by atoms with Crippen LogP contribution in [0.25, 0.3) is 0 Å². The number of hydrogen-bond donors (Lipinski definition) is 2. The number of aliphatic imine (C=N–C) groups is 1. The number of guanidine groups is 1. The first-order valence-corrected chi connectivity index (χ1v) is 9.82. The van der Waals surface area contributed by atoms with Gasteiger partial charge in [-0.2, -0.15) is 13.2 Å². The third kappa shape index (κ3) is 8.89. The van der Waals surface area contributed by atoms with Gasteiger partial charge in [-0.05, 0) is 63.4 Å². The maximum atomic E-state index is 14.3. The Labute approximate surface area is 169 Å². The fourth-order valence-electron chi connectivity index (χ4n) is 2.82. The Morgan fingerprint density at radius 3 is 2.66 bits per heavy atom. The fraction of sp³-hybridized carbons (Fsp3) is 0.650. The highest BCUT2D eigenvalue weighted by molar-refractivity contribution is 5.80. The molecule has 0 heterocycles. The summed E-state index contributed by atoms with van der Waals surface area (Å²) in [7, 11) is 3.04. The number of nitrogens with zero attached hydrogens (tertiary/aromatic N) is 2. The summed E-state index contributed by atoms with van der Waals surface area (Å²) < 4.78 is 56.7. The van der Waals surface area contributed by atoms with Crippen molar-refractivity contribution in [2.45, 2.75) is 38.4 Å². The first kappa shape index (κ1) is 23.3. The van der Waals surface area contributed by atoms with Gasteiger partial charge in [0.05, 0.1) is 19.2 Å². The van der Waals surface area contributed by atoms with Crippen LogP contribution in [0, 0.1) is 11.7 Å². The molecule has 1 aliphatic carbocycles. The van der Waals surface area contributed by atoms with Gasteiger partial charge < -0.3 is 15.4 Å². The Morgan fingerprint density at radius 2 is 2.07 bits per heavy atom. The number of nitrogens with one attached hydrogen (secondary N) is 2. The molecule has 1 atom stereocenters. The van der Waals surface area contributed by atoms with Crippen LogP contribution in [0.2, 0.25) is 0 Å². The Balaban J connectivity index is 1.75. The molecule has 0 aromatic heterocycles. The molecule has 9 heteroatoms. The van der Waals surface area contributed by atoms with Crippen molar-refractivity contribution in [1.82, 2.24) is 15.5 Å². The molecule has 1 unspecified atom stereocenters. The van der Waals surface area contributed by atoms with Gasteiger partial charge in [0, 0.05) is 13.6 Å². The molecule has 1 aliphatic rings. The van der Waals surface area contributed by atoms with E-state index in [0.29, 0.717) is 38.0 Å². The van der Waals surface area contributed by atoms with Gasteiger partial charge >= 0.3 is 6.18 Å². The molecule has 0 saturated heterocycles. The second-order valence-electron chi connectivity index (χ2n) is 7.52. The van der Waals surface area contributed by atoms with Gasteiger partial charge in [-0.3, -0.25) is 9.89 Å². The largest absolute Gasteiger partial charge is 0.490 e. The lowest BCUT2D eigenvalue weighted by Crippen LogP contribution is -2.40. The van der Waals surface area contributed by atoms with Crippen LogP contribution in [0.5, 0.6) is 5.75 Å². The van der Waals surface area contributed by atoms with Gasteiger partial charge in [0.1, 0.15) is 0 Å². The van der Waals surface area contributed by atoms with Gasteiger partial charge in [-0.15, -0.1) is 0 Å². The minimum absolute atomic E-state index is 0.207. The Bertz CT molecular complexity index is 677. The summed E-state index contributed by atoms with van der Waals surface area (Å²) in [5.41, 5.74) is 0.745. The molecule has 0 aliphatic heterocycles. The number of halogens is 4. The highest BCUT2D eigenvalue weighted by atomic mass is 19.4. The SMILES string of the molecule is CN=C(NCCCN(C)CC(F)(F)F)NC(C)c1ccc(OCC2CC2)c(F)c1. The summed E-state index contributed by atoms with van der Waals surface area (Å²) in [5.74, 6) is 0.925. The van der Waals surface area contributed by atoms with Crippen LogP contribution in [0.3, 0.4) is 0 Å². The minimum atomic E-state index is -4.19. The van der Waals surface area contributed by atoms with Gasteiger partial charge in [-0.1, -0.05) is 6.07 Å². The summed E-state index contributed by atoms with van der Waals surface area (Å²) in [4.78, 5) is 5.34. The topological polar surface area (TPSA) is 48.9 Å². The molecule has 2 rings (SSSR count). The predicted molar refractivity (Wildman–Crippen MR) is 106 cm³/mol. The molecule has 164 valence electrons. The lowest BCUT2D eigenvalue weighted by Gasteiger charge is -2.20. The van der Waals surface area contributed by atoms with Crippen molar-refractivity contribution in [3.05, 3.63) is 29.6 Å². The van der Waals surface area contributed by atoms with Crippen molar-refractivity contribution in [1.29, 1.82) is 0 Å². The van der Waals surface area contributed by atoms with Crippen molar-refractivity contribution in [3.8, 4) is 5.75 Å². The number of benzene rings is 1. The molecule has 0 bridgehead atoms. The van der Waals surface area contributed by atoms with Crippen molar-refractivity contribution >= 4 is 5.96 Å². The van der Waals surface area contributed by atoms with Crippen LogP contribution < -0.4 is 15.4 Å². The lowest BCUT2D eigenvalue weighted by atomic mass is 10.1. The summed E-state index contributed by atoms with van der Waals surface area (Å²) in [5, 5.41) is 6.22. The summed E-state index contributed by atoms with van der Waals surface area (Å²) in [6.07, 6.45) is -1.37. The number of rotatable bonds is 10. The fourth-order valence-corrected chi connectivity index (χ4v) is 2.82. The second kappa shape index (κ2) is 10.7. The van der Waals surface area contributed by atoms with Gasteiger partial charge in [0.25, 0.3) is 0 Å². The van der Waals surface area contributed by atoms with E-state index in [0.717, 1.165) is 18.4 Å². The molecule has 0 amide bonds. The monoisotopic (exact) mass is 418 g/mol. The van der Waals surface area contributed by atoms with E-state index in [4.69, 9.17) is 4.74 Å². The molecule has 1 saturated carbocycles. The molecule has 0 radical (unpaired) electrons. The maximum Gasteiger partial charge on any atom is 0.401 e. The van der Waals surface area contributed by atoms with Crippen LogP contribution in [0.4, 0.5) is 17.6 Å². The molecular formula is C20H30F4N4O.